The summed E-state index contributed by atoms with van der Waals surface area (Å²) < 4.78 is 32.7. The summed E-state index contributed by atoms with van der Waals surface area (Å²) in [6.07, 6.45) is 0. The normalized spacial score (nSPS) is 15.9. The van der Waals surface area contributed by atoms with Crippen molar-refractivity contribution in [2.45, 2.75) is 11.8 Å². The van der Waals surface area contributed by atoms with Crippen LogP contribution < -0.4 is 9.64 Å². The second kappa shape index (κ2) is 7.64. The summed E-state index contributed by atoms with van der Waals surface area (Å²) in [4.78, 5) is 2.23. The number of methoxy groups -OCH3 is 1. The summed E-state index contributed by atoms with van der Waals surface area (Å²) in [7, 11) is -2.23. The van der Waals surface area contributed by atoms with Gasteiger partial charge in [-0.1, -0.05) is 29.3 Å². The lowest BCUT2D eigenvalue weighted by Crippen LogP contribution is -2.48. The fourth-order valence-corrected chi connectivity index (χ4v) is 4.97. The number of hydrogen-bond acceptors (Lipinski definition) is 4. The Balaban J connectivity index is 1.79. The molecular formula is C18H20Cl2N2O3S. The van der Waals surface area contributed by atoms with E-state index in [2.05, 4.69) is 4.90 Å². The van der Waals surface area contributed by atoms with E-state index in [9.17, 15) is 8.42 Å². The highest BCUT2D eigenvalue weighted by atomic mass is 35.5. The van der Waals surface area contributed by atoms with Gasteiger partial charge in [-0.2, -0.15) is 4.31 Å². The first-order chi connectivity index (χ1) is 12.3. The van der Waals surface area contributed by atoms with Crippen LogP contribution in [0.2, 0.25) is 10.0 Å². The molecule has 2 aromatic carbocycles. The molecule has 26 heavy (non-hydrogen) atoms. The average Bonchev–Trinajstić information content (AvgIpc) is 2.64. The molecule has 0 atom stereocenters. The third kappa shape index (κ3) is 3.78. The van der Waals surface area contributed by atoms with Crippen LogP contribution in [-0.4, -0.2) is 46.0 Å². The largest absolute Gasteiger partial charge is 0.495 e. The number of ether oxygens (including phenoxy) is 1. The van der Waals surface area contributed by atoms with Gasteiger partial charge in [0, 0.05) is 41.9 Å². The molecule has 1 fully saturated rings. The van der Waals surface area contributed by atoms with Gasteiger partial charge in [0.05, 0.1) is 7.11 Å². The number of sulfonamides is 1. The minimum Gasteiger partial charge on any atom is -0.495 e. The molecule has 0 amide bonds. The Hall–Kier alpha value is -1.47. The number of benzene rings is 2. The number of hydrogen-bond donors (Lipinski definition) is 0. The molecule has 2 aromatic rings. The van der Waals surface area contributed by atoms with Gasteiger partial charge in [0.15, 0.2) is 0 Å². The fraction of sp³-hybridized carbons (Fsp3) is 0.333. The Bertz CT molecular complexity index is 911. The molecule has 0 spiro atoms. The van der Waals surface area contributed by atoms with Crippen molar-refractivity contribution in [2.75, 3.05) is 38.2 Å². The van der Waals surface area contributed by atoms with Crippen LogP contribution in [0.3, 0.4) is 0 Å². The lowest BCUT2D eigenvalue weighted by Gasteiger charge is -2.35. The van der Waals surface area contributed by atoms with Gasteiger partial charge >= 0.3 is 0 Å². The molecule has 1 aliphatic heterocycles. The molecule has 0 radical (unpaired) electrons. The third-order valence-electron chi connectivity index (χ3n) is 4.50. The number of anilines is 1. The van der Waals surface area contributed by atoms with E-state index in [0.717, 1.165) is 11.3 Å². The molecule has 1 saturated heterocycles. The number of aryl methyl sites for hydroxylation is 1. The summed E-state index contributed by atoms with van der Waals surface area (Å²) in [6.45, 7) is 3.88. The first kappa shape index (κ1) is 19.3. The van der Waals surface area contributed by atoms with Crippen LogP contribution in [-0.2, 0) is 10.0 Å². The second-order valence-electron chi connectivity index (χ2n) is 6.12. The van der Waals surface area contributed by atoms with Crippen molar-refractivity contribution >= 4 is 38.9 Å². The number of rotatable bonds is 4. The fourth-order valence-electron chi connectivity index (χ4n) is 2.96. The molecule has 0 N–H and O–H groups in total. The van der Waals surface area contributed by atoms with Gasteiger partial charge in [-0.15, -0.1) is 0 Å². The standard InChI is InChI=1S/C18H20Cl2N2O3S/c1-13-3-5-15(12-16(13)20)21-7-9-22(10-8-21)26(23,24)18-11-14(19)4-6-17(18)25-2/h3-6,11-12H,7-10H2,1-2H3. The third-order valence-corrected chi connectivity index (χ3v) is 7.06. The highest BCUT2D eigenvalue weighted by molar-refractivity contribution is 7.89. The van der Waals surface area contributed by atoms with Crippen LogP contribution in [0.5, 0.6) is 5.75 Å². The van der Waals surface area contributed by atoms with Gasteiger partial charge in [-0.05, 0) is 42.8 Å². The van der Waals surface area contributed by atoms with E-state index in [4.69, 9.17) is 27.9 Å². The molecule has 0 unspecified atom stereocenters. The minimum absolute atomic E-state index is 0.0966. The molecule has 0 saturated carbocycles. The molecule has 1 aliphatic rings. The summed E-state index contributed by atoms with van der Waals surface area (Å²) in [6, 6.07) is 10.5. The number of piperazine rings is 1. The quantitative estimate of drug-likeness (QED) is 0.762. The topological polar surface area (TPSA) is 49.9 Å². The molecule has 3 rings (SSSR count). The van der Waals surface area contributed by atoms with Crippen molar-refractivity contribution < 1.29 is 13.2 Å². The second-order valence-corrected chi connectivity index (χ2v) is 8.87. The van der Waals surface area contributed by atoms with Gasteiger partial charge in [0.25, 0.3) is 0 Å². The molecule has 0 aliphatic carbocycles. The van der Waals surface area contributed by atoms with Crippen LogP contribution >= 0.6 is 23.2 Å². The summed E-state index contributed by atoms with van der Waals surface area (Å²) in [5, 5.41) is 1.07. The van der Waals surface area contributed by atoms with Crippen molar-refractivity contribution in [3.05, 3.63) is 52.0 Å². The highest BCUT2D eigenvalue weighted by Gasteiger charge is 2.31. The van der Waals surface area contributed by atoms with Crippen molar-refractivity contribution in [3.63, 3.8) is 0 Å². The Kier molecular flexibility index (Phi) is 5.67. The molecule has 8 heteroatoms. The first-order valence-corrected chi connectivity index (χ1v) is 10.4. The van der Waals surface area contributed by atoms with Crippen molar-refractivity contribution in [1.82, 2.24) is 4.31 Å². The summed E-state index contributed by atoms with van der Waals surface area (Å²) in [5.74, 6) is 0.294. The Labute approximate surface area is 164 Å². The van der Waals surface area contributed by atoms with E-state index in [1.54, 1.807) is 12.1 Å². The predicted molar refractivity (Wildman–Crippen MR) is 105 cm³/mol. The van der Waals surface area contributed by atoms with Crippen LogP contribution in [0.25, 0.3) is 0 Å². The van der Waals surface area contributed by atoms with Gasteiger partial charge in [0.2, 0.25) is 10.0 Å². The minimum atomic E-state index is -3.68. The van der Waals surface area contributed by atoms with E-state index in [1.165, 1.54) is 17.5 Å². The molecule has 140 valence electrons. The van der Waals surface area contributed by atoms with Crippen molar-refractivity contribution in [2.24, 2.45) is 0 Å². The highest BCUT2D eigenvalue weighted by Crippen LogP contribution is 2.31. The van der Waals surface area contributed by atoms with Crippen molar-refractivity contribution in [1.29, 1.82) is 0 Å². The van der Waals surface area contributed by atoms with Crippen LogP contribution in [0.4, 0.5) is 5.69 Å². The van der Waals surface area contributed by atoms with Crippen LogP contribution in [0.15, 0.2) is 41.3 Å². The van der Waals surface area contributed by atoms with Crippen molar-refractivity contribution in [3.8, 4) is 5.75 Å². The monoisotopic (exact) mass is 414 g/mol. The number of nitrogens with zero attached hydrogens (tertiary/aromatic N) is 2. The van der Waals surface area contributed by atoms with Gasteiger partial charge < -0.3 is 9.64 Å². The smallest absolute Gasteiger partial charge is 0.246 e. The van der Waals surface area contributed by atoms with Gasteiger partial charge in [-0.3, -0.25) is 0 Å². The number of halogens is 2. The lowest BCUT2D eigenvalue weighted by atomic mass is 10.2. The maximum Gasteiger partial charge on any atom is 0.246 e. The molecule has 0 aromatic heterocycles. The Morgan fingerprint density at radius 2 is 1.69 bits per heavy atom. The van der Waals surface area contributed by atoms with Crippen LogP contribution in [0.1, 0.15) is 5.56 Å². The first-order valence-electron chi connectivity index (χ1n) is 8.17. The zero-order valence-corrected chi connectivity index (χ0v) is 16.9. The van der Waals surface area contributed by atoms with Gasteiger partial charge in [0.1, 0.15) is 10.6 Å². The zero-order chi connectivity index (χ0) is 18.9. The van der Waals surface area contributed by atoms with E-state index < -0.39 is 10.0 Å². The zero-order valence-electron chi connectivity index (χ0n) is 14.6. The predicted octanol–water partition coefficient (Wildman–Crippen LogP) is 3.82. The molecule has 0 bridgehead atoms. The summed E-state index contributed by atoms with van der Waals surface area (Å²) in [5.41, 5.74) is 2.02. The summed E-state index contributed by atoms with van der Waals surface area (Å²) >= 11 is 12.2. The lowest BCUT2D eigenvalue weighted by molar-refractivity contribution is 0.374. The van der Waals surface area contributed by atoms with E-state index in [1.807, 2.05) is 25.1 Å². The molecule has 1 heterocycles. The Morgan fingerprint density at radius 3 is 2.31 bits per heavy atom. The van der Waals surface area contributed by atoms with E-state index >= 15 is 0 Å². The SMILES string of the molecule is COc1ccc(Cl)cc1S(=O)(=O)N1CCN(c2ccc(C)c(Cl)c2)CC1. The average molecular weight is 415 g/mol. The Morgan fingerprint density at radius 1 is 1.00 bits per heavy atom. The van der Waals surface area contributed by atoms with Gasteiger partial charge in [-0.25, -0.2) is 8.42 Å². The maximum absolute atomic E-state index is 13.0. The maximum atomic E-state index is 13.0. The molecular weight excluding hydrogens is 395 g/mol. The van der Waals surface area contributed by atoms with E-state index in [-0.39, 0.29) is 4.90 Å². The van der Waals surface area contributed by atoms with E-state index in [0.29, 0.717) is 42.0 Å². The molecule has 5 nitrogen and oxygen atoms in total. The van der Waals surface area contributed by atoms with Crippen LogP contribution in [0, 0.1) is 6.92 Å².